The smallest absolute Gasteiger partial charge is 0.323 e. The third-order valence-corrected chi connectivity index (χ3v) is 4.25. The number of carbonyl (C=O) groups excluding carboxylic acids is 2. The van der Waals surface area contributed by atoms with Gasteiger partial charge < -0.3 is 20.9 Å². The van der Waals surface area contributed by atoms with E-state index in [1.165, 1.54) is 0 Å². The molecule has 3 amide bonds. The Hall–Kier alpha value is -2.73. The molecule has 1 aliphatic carbocycles. The van der Waals surface area contributed by atoms with Crippen molar-refractivity contribution in [1.82, 2.24) is 5.32 Å². The van der Waals surface area contributed by atoms with Gasteiger partial charge in [-0.3, -0.25) is 4.79 Å². The third kappa shape index (κ3) is 4.67. The van der Waals surface area contributed by atoms with Crippen molar-refractivity contribution in [2.75, 3.05) is 29.6 Å². The Kier molecular flexibility index (Phi) is 5.32. The van der Waals surface area contributed by atoms with Crippen LogP contribution < -0.4 is 20.9 Å². The molecule has 0 spiro atoms. The molecular weight excluding hydrogens is 352 g/mol. The highest BCUT2D eigenvalue weighted by molar-refractivity contribution is 6.30. The lowest BCUT2D eigenvalue weighted by atomic mass is 10.1. The van der Waals surface area contributed by atoms with Crippen molar-refractivity contribution >= 4 is 40.6 Å². The molecule has 0 aliphatic heterocycles. The fourth-order valence-electron chi connectivity index (χ4n) is 2.50. The van der Waals surface area contributed by atoms with E-state index in [0.29, 0.717) is 22.0 Å². The van der Waals surface area contributed by atoms with Gasteiger partial charge in [0, 0.05) is 42.2 Å². The van der Waals surface area contributed by atoms with Crippen molar-refractivity contribution < 1.29 is 9.59 Å². The summed E-state index contributed by atoms with van der Waals surface area (Å²) < 4.78 is 0. The summed E-state index contributed by atoms with van der Waals surface area (Å²) in [6.07, 6.45) is 2.04. The van der Waals surface area contributed by atoms with Gasteiger partial charge in [0.15, 0.2) is 0 Å². The number of rotatable bonds is 5. The van der Waals surface area contributed by atoms with Gasteiger partial charge in [-0.2, -0.15) is 0 Å². The average Bonchev–Trinajstić information content (AvgIpc) is 3.40. The minimum atomic E-state index is -0.390. The van der Waals surface area contributed by atoms with Gasteiger partial charge in [0.1, 0.15) is 0 Å². The first-order valence-corrected chi connectivity index (χ1v) is 8.76. The van der Waals surface area contributed by atoms with Crippen molar-refractivity contribution in [2.24, 2.45) is 0 Å². The molecule has 0 bridgehead atoms. The van der Waals surface area contributed by atoms with E-state index < -0.39 is 6.03 Å². The van der Waals surface area contributed by atoms with E-state index in [2.05, 4.69) is 16.0 Å². The summed E-state index contributed by atoms with van der Waals surface area (Å²) in [5.74, 6) is -0.127. The standard InChI is InChI=1S/C19H21ClN4O2/c1-24(2)17-10-9-15(11-16(17)18(25)21-13-7-8-13)23-19(26)22-14-5-3-12(20)4-6-14/h3-6,9-11,13H,7-8H2,1-2H3,(H,21,25)(H2,22,23,26). The Bertz CT molecular complexity index is 817. The molecule has 3 N–H and O–H groups in total. The zero-order valence-electron chi connectivity index (χ0n) is 14.7. The van der Waals surface area contributed by atoms with E-state index in [1.54, 1.807) is 36.4 Å². The van der Waals surface area contributed by atoms with Gasteiger partial charge in [0.25, 0.3) is 5.91 Å². The van der Waals surface area contributed by atoms with Crippen LogP contribution in [0.5, 0.6) is 0 Å². The van der Waals surface area contributed by atoms with Crippen LogP contribution in [0.25, 0.3) is 0 Å². The largest absolute Gasteiger partial charge is 0.377 e. The minimum Gasteiger partial charge on any atom is -0.377 e. The summed E-state index contributed by atoms with van der Waals surface area (Å²) in [4.78, 5) is 26.6. The number of hydrogen-bond donors (Lipinski definition) is 3. The first-order valence-electron chi connectivity index (χ1n) is 8.38. The number of urea groups is 1. The zero-order chi connectivity index (χ0) is 18.7. The van der Waals surface area contributed by atoms with E-state index in [-0.39, 0.29) is 11.9 Å². The summed E-state index contributed by atoms with van der Waals surface area (Å²) in [5.41, 5.74) is 2.50. The highest BCUT2D eigenvalue weighted by Gasteiger charge is 2.25. The van der Waals surface area contributed by atoms with Crippen LogP contribution in [0.1, 0.15) is 23.2 Å². The van der Waals surface area contributed by atoms with Crippen LogP contribution in [0.2, 0.25) is 5.02 Å². The number of nitrogens with zero attached hydrogens (tertiary/aromatic N) is 1. The predicted octanol–water partition coefficient (Wildman–Crippen LogP) is 3.94. The molecule has 0 radical (unpaired) electrons. The average molecular weight is 373 g/mol. The molecule has 136 valence electrons. The summed E-state index contributed by atoms with van der Waals surface area (Å²) in [6, 6.07) is 12.0. The van der Waals surface area contributed by atoms with Crippen molar-refractivity contribution in [1.29, 1.82) is 0 Å². The number of nitrogens with one attached hydrogen (secondary N) is 3. The van der Waals surface area contributed by atoms with E-state index in [9.17, 15) is 9.59 Å². The van der Waals surface area contributed by atoms with Crippen molar-refractivity contribution in [3.8, 4) is 0 Å². The van der Waals surface area contributed by atoms with Crippen LogP contribution >= 0.6 is 11.6 Å². The van der Waals surface area contributed by atoms with E-state index in [1.807, 2.05) is 25.1 Å². The SMILES string of the molecule is CN(C)c1ccc(NC(=O)Nc2ccc(Cl)cc2)cc1C(=O)NC1CC1. The molecule has 0 aromatic heterocycles. The van der Waals surface area contributed by atoms with Gasteiger partial charge in [-0.05, 0) is 55.3 Å². The summed E-state index contributed by atoms with van der Waals surface area (Å²) in [7, 11) is 3.76. The minimum absolute atomic E-state index is 0.127. The Morgan fingerprint density at radius 2 is 1.62 bits per heavy atom. The maximum absolute atomic E-state index is 12.5. The lowest BCUT2D eigenvalue weighted by Crippen LogP contribution is -2.28. The van der Waals surface area contributed by atoms with Crippen molar-refractivity contribution in [2.45, 2.75) is 18.9 Å². The first kappa shape index (κ1) is 18.1. The molecule has 1 aliphatic rings. The summed E-state index contributed by atoms with van der Waals surface area (Å²) in [6.45, 7) is 0. The highest BCUT2D eigenvalue weighted by Crippen LogP contribution is 2.25. The molecule has 1 saturated carbocycles. The van der Waals surface area contributed by atoms with Crippen molar-refractivity contribution in [3.05, 3.63) is 53.1 Å². The van der Waals surface area contributed by atoms with Gasteiger partial charge in [0.2, 0.25) is 0 Å². The van der Waals surface area contributed by atoms with Crippen LogP contribution in [0.15, 0.2) is 42.5 Å². The predicted molar refractivity (Wildman–Crippen MR) is 105 cm³/mol. The van der Waals surface area contributed by atoms with E-state index in [4.69, 9.17) is 11.6 Å². The Morgan fingerprint density at radius 1 is 1.00 bits per heavy atom. The van der Waals surface area contributed by atoms with Gasteiger partial charge in [-0.15, -0.1) is 0 Å². The maximum atomic E-state index is 12.5. The molecule has 3 rings (SSSR count). The molecule has 7 heteroatoms. The fraction of sp³-hybridized carbons (Fsp3) is 0.263. The van der Waals surface area contributed by atoms with E-state index >= 15 is 0 Å². The second kappa shape index (κ2) is 7.66. The monoisotopic (exact) mass is 372 g/mol. The van der Waals surface area contributed by atoms with Crippen LogP contribution in [0, 0.1) is 0 Å². The van der Waals surface area contributed by atoms with E-state index in [0.717, 1.165) is 18.5 Å². The molecule has 6 nitrogen and oxygen atoms in total. The quantitative estimate of drug-likeness (QED) is 0.744. The molecule has 1 fully saturated rings. The second-order valence-corrected chi connectivity index (χ2v) is 6.90. The Balaban J connectivity index is 1.73. The number of halogens is 1. The van der Waals surface area contributed by atoms with Crippen LogP contribution in [-0.2, 0) is 0 Å². The van der Waals surface area contributed by atoms with Crippen LogP contribution in [-0.4, -0.2) is 32.1 Å². The Labute approximate surface area is 157 Å². The Morgan fingerprint density at radius 3 is 2.23 bits per heavy atom. The van der Waals surface area contributed by atoms with Gasteiger partial charge in [-0.1, -0.05) is 11.6 Å². The van der Waals surface area contributed by atoms with Gasteiger partial charge in [-0.25, -0.2) is 4.79 Å². The van der Waals surface area contributed by atoms with Crippen LogP contribution in [0.4, 0.5) is 21.9 Å². The zero-order valence-corrected chi connectivity index (χ0v) is 15.4. The number of benzene rings is 2. The van der Waals surface area contributed by atoms with Gasteiger partial charge >= 0.3 is 6.03 Å². The van der Waals surface area contributed by atoms with Gasteiger partial charge in [0.05, 0.1) is 5.56 Å². The highest BCUT2D eigenvalue weighted by atomic mass is 35.5. The number of anilines is 3. The molecule has 2 aromatic carbocycles. The summed E-state index contributed by atoms with van der Waals surface area (Å²) >= 11 is 5.84. The molecule has 0 heterocycles. The third-order valence-electron chi connectivity index (χ3n) is 4.00. The topological polar surface area (TPSA) is 73.5 Å². The second-order valence-electron chi connectivity index (χ2n) is 6.46. The lowest BCUT2D eigenvalue weighted by Gasteiger charge is -2.18. The lowest BCUT2D eigenvalue weighted by molar-refractivity contribution is 0.0951. The number of amides is 3. The molecule has 2 aromatic rings. The number of hydrogen-bond acceptors (Lipinski definition) is 3. The first-order chi connectivity index (χ1) is 12.4. The van der Waals surface area contributed by atoms with Crippen molar-refractivity contribution in [3.63, 3.8) is 0 Å². The molecule has 0 atom stereocenters. The fourth-order valence-corrected chi connectivity index (χ4v) is 2.63. The molecule has 0 saturated heterocycles. The van der Waals surface area contributed by atoms with Crippen LogP contribution in [0.3, 0.4) is 0 Å². The summed E-state index contributed by atoms with van der Waals surface area (Å²) in [5, 5.41) is 9.06. The number of carbonyl (C=O) groups is 2. The molecule has 0 unspecified atom stereocenters. The maximum Gasteiger partial charge on any atom is 0.323 e. The molecule has 26 heavy (non-hydrogen) atoms. The molecular formula is C19H21ClN4O2. The normalized spacial score (nSPS) is 13.0.